The number of H-pyrrole nitrogens is 1. The van der Waals surface area contributed by atoms with Crippen LogP contribution in [-0.4, -0.2) is 9.97 Å². The number of hydrogen-bond acceptors (Lipinski definition) is 2. The first-order valence-electron chi connectivity index (χ1n) is 7.88. The number of aromatic amines is 1. The number of aryl methyl sites for hydroxylation is 1. The summed E-state index contributed by atoms with van der Waals surface area (Å²) in [5, 5.41) is 0.608. The summed E-state index contributed by atoms with van der Waals surface area (Å²) in [7, 11) is 0. The van der Waals surface area contributed by atoms with Gasteiger partial charge < -0.3 is 4.98 Å². The molecule has 3 nitrogen and oxygen atoms in total. The Hall–Kier alpha value is -3.20. The van der Waals surface area contributed by atoms with Crippen LogP contribution in [0.25, 0.3) is 33.4 Å². The summed E-state index contributed by atoms with van der Waals surface area (Å²) in [5.74, 6) is 0.592. The standard InChI is InChI=1S/C21H16N2O/c1-14-7-2-3-10-17(14)15-8-6-9-16(13-15)20-22-19-12-5-4-11-18(19)21(24)23-20/h2-13H,1H3,(H,22,23,24). The topological polar surface area (TPSA) is 45.8 Å². The summed E-state index contributed by atoms with van der Waals surface area (Å²) < 4.78 is 0. The van der Waals surface area contributed by atoms with Crippen LogP contribution >= 0.6 is 0 Å². The van der Waals surface area contributed by atoms with Crippen LogP contribution in [-0.2, 0) is 0 Å². The molecule has 3 heteroatoms. The molecule has 0 spiro atoms. The van der Waals surface area contributed by atoms with Gasteiger partial charge in [-0.05, 0) is 41.8 Å². The van der Waals surface area contributed by atoms with Crippen molar-refractivity contribution in [3.05, 3.63) is 88.7 Å². The highest BCUT2D eigenvalue weighted by Crippen LogP contribution is 2.27. The van der Waals surface area contributed by atoms with E-state index in [0.717, 1.165) is 11.1 Å². The second kappa shape index (κ2) is 5.78. The summed E-state index contributed by atoms with van der Waals surface area (Å²) in [6, 6.07) is 23.7. The fourth-order valence-corrected chi connectivity index (χ4v) is 2.95. The van der Waals surface area contributed by atoms with E-state index in [1.54, 1.807) is 6.07 Å². The number of nitrogens with one attached hydrogen (secondary N) is 1. The van der Waals surface area contributed by atoms with Crippen molar-refractivity contribution in [3.63, 3.8) is 0 Å². The van der Waals surface area contributed by atoms with E-state index < -0.39 is 0 Å². The molecule has 24 heavy (non-hydrogen) atoms. The summed E-state index contributed by atoms with van der Waals surface area (Å²) in [6.07, 6.45) is 0. The molecule has 1 aromatic heterocycles. The van der Waals surface area contributed by atoms with Gasteiger partial charge in [0, 0.05) is 5.56 Å². The maximum atomic E-state index is 12.3. The lowest BCUT2D eigenvalue weighted by molar-refractivity contribution is 1.18. The Balaban J connectivity index is 1.88. The first kappa shape index (κ1) is 14.4. The molecule has 3 aromatic carbocycles. The predicted octanol–water partition coefficient (Wildman–Crippen LogP) is 4.57. The molecule has 0 saturated heterocycles. The number of para-hydroxylation sites is 1. The van der Waals surface area contributed by atoms with Crippen molar-refractivity contribution in [1.29, 1.82) is 0 Å². The van der Waals surface area contributed by atoms with E-state index in [0.29, 0.717) is 16.7 Å². The third kappa shape index (κ3) is 2.50. The van der Waals surface area contributed by atoms with Crippen molar-refractivity contribution in [3.8, 4) is 22.5 Å². The quantitative estimate of drug-likeness (QED) is 0.589. The van der Waals surface area contributed by atoms with Gasteiger partial charge >= 0.3 is 0 Å². The van der Waals surface area contributed by atoms with Crippen LogP contribution in [0.1, 0.15) is 5.56 Å². The maximum absolute atomic E-state index is 12.3. The molecule has 4 aromatic rings. The van der Waals surface area contributed by atoms with Gasteiger partial charge in [-0.1, -0.05) is 54.6 Å². The molecule has 0 bridgehead atoms. The number of rotatable bonds is 2. The Morgan fingerprint density at radius 2 is 1.58 bits per heavy atom. The van der Waals surface area contributed by atoms with E-state index in [-0.39, 0.29) is 5.56 Å². The Morgan fingerprint density at radius 1 is 0.833 bits per heavy atom. The molecule has 1 heterocycles. The smallest absolute Gasteiger partial charge is 0.259 e. The Labute approximate surface area is 139 Å². The largest absolute Gasteiger partial charge is 0.306 e. The zero-order chi connectivity index (χ0) is 16.5. The molecule has 0 aliphatic carbocycles. The third-order valence-corrected chi connectivity index (χ3v) is 4.20. The summed E-state index contributed by atoms with van der Waals surface area (Å²) in [4.78, 5) is 19.8. The minimum Gasteiger partial charge on any atom is -0.306 e. The van der Waals surface area contributed by atoms with Crippen molar-refractivity contribution >= 4 is 10.9 Å². The van der Waals surface area contributed by atoms with Gasteiger partial charge in [0.05, 0.1) is 10.9 Å². The Morgan fingerprint density at radius 3 is 2.46 bits per heavy atom. The Kier molecular flexibility index (Phi) is 3.47. The monoisotopic (exact) mass is 312 g/mol. The van der Waals surface area contributed by atoms with Gasteiger partial charge in [0.2, 0.25) is 0 Å². The van der Waals surface area contributed by atoms with Crippen molar-refractivity contribution < 1.29 is 0 Å². The molecule has 0 saturated carbocycles. The van der Waals surface area contributed by atoms with E-state index in [4.69, 9.17) is 0 Å². The van der Waals surface area contributed by atoms with Gasteiger partial charge in [0.25, 0.3) is 5.56 Å². The van der Waals surface area contributed by atoms with E-state index in [2.05, 4.69) is 41.2 Å². The fourth-order valence-electron chi connectivity index (χ4n) is 2.95. The summed E-state index contributed by atoms with van der Waals surface area (Å²) >= 11 is 0. The molecular formula is C21H16N2O. The first-order valence-corrected chi connectivity index (χ1v) is 7.88. The Bertz CT molecular complexity index is 1100. The van der Waals surface area contributed by atoms with Crippen LogP contribution in [0.15, 0.2) is 77.6 Å². The van der Waals surface area contributed by atoms with E-state index in [1.807, 2.05) is 42.5 Å². The molecule has 0 aliphatic rings. The van der Waals surface area contributed by atoms with Crippen LogP contribution in [0.2, 0.25) is 0 Å². The van der Waals surface area contributed by atoms with Crippen molar-refractivity contribution in [2.24, 2.45) is 0 Å². The van der Waals surface area contributed by atoms with Crippen molar-refractivity contribution in [2.75, 3.05) is 0 Å². The number of fused-ring (bicyclic) bond motifs is 1. The zero-order valence-electron chi connectivity index (χ0n) is 13.3. The lowest BCUT2D eigenvalue weighted by Gasteiger charge is -2.08. The summed E-state index contributed by atoms with van der Waals surface area (Å²) in [5.41, 5.74) is 5.01. The highest BCUT2D eigenvalue weighted by Gasteiger charge is 2.07. The molecule has 1 N–H and O–H groups in total. The second-order valence-electron chi connectivity index (χ2n) is 5.83. The van der Waals surface area contributed by atoms with Crippen molar-refractivity contribution in [1.82, 2.24) is 9.97 Å². The average Bonchev–Trinajstić information content (AvgIpc) is 2.62. The van der Waals surface area contributed by atoms with Gasteiger partial charge in [0.1, 0.15) is 5.82 Å². The van der Waals surface area contributed by atoms with Gasteiger partial charge in [-0.3, -0.25) is 4.79 Å². The van der Waals surface area contributed by atoms with Crippen LogP contribution < -0.4 is 5.56 Å². The average molecular weight is 312 g/mol. The molecule has 0 radical (unpaired) electrons. The lowest BCUT2D eigenvalue weighted by Crippen LogP contribution is -2.09. The number of benzene rings is 3. The third-order valence-electron chi connectivity index (χ3n) is 4.20. The fraction of sp³-hybridized carbons (Fsp3) is 0.0476. The van der Waals surface area contributed by atoms with Crippen LogP contribution in [0.4, 0.5) is 0 Å². The molecule has 0 atom stereocenters. The van der Waals surface area contributed by atoms with Gasteiger partial charge in [0.15, 0.2) is 0 Å². The zero-order valence-corrected chi connectivity index (χ0v) is 13.3. The second-order valence-corrected chi connectivity index (χ2v) is 5.83. The van der Waals surface area contributed by atoms with Crippen LogP contribution in [0, 0.1) is 6.92 Å². The number of nitrogens with zero attached hydrogens (tertiary/aromatic N) is 1. The van der Waals surface area contributed by atoms with Gasteiger partial charge in [-0.2, -0.15) is 0 Å². The molecular weight excluding hydrogens is 296 g/mol. The van der Waals surface area contributed by atoms with Crippen molar-refractivity contribution in [2.45, 2.75) is 6.92 Å². The molecule has 4 rings (SSSR count). The number of aromatic nitrogens is 2. The van der Waals surface area contributed by atoms with E-state index >= 15 is 0 Å². The highest BCUT2D eigenvalue weighted by atomic mass is 16.1. The minimum atomic E-state index is -0.114. The van der Waals surface area contributed by atoms with Gasteiger partial charge in [-0.15, -0.1) is 0 Å². The molecule has 0 fully saturated rings. The van der Waals surface area contributed by atoms with E-state index in [1.165, 1.54) is 11.1 Å². The van der Waals surface area contributed by atoms with E-state index in [9.17, 15) is 4.79 Å². The minimum absolute atomic E-state index is 0.114. The number of hydrogen-bond donors (Lipinski definition) is 1. The molecule has 0 aliphatic heterocycles. The molecule has 0 amide bonds. The maximum Gasteiger partial charge on any atom is 0.259 e. The van der Waals surface area contributed by atoms with Crippen LogP contribution in [0.5, 0.6) is 0 Å². The summed E-state index contributed by atoms with van der Waals surface area (Å²) in [6.45, 7) is 2.10. The first-order chi connectivity index (χ1) is 11.7. The lowest BCUT2D eigenvalue weighted by atomic mass is 9.99. The van der Waals surface area contributed by atoms with Crippen LogP contribution in [0.3, 0.4) is 0 Å². The normalized spacial score (nSPS) is 10.9. The van der Waals surface area contributed by atoms with Gasteiger partial charge in [-0.25, -0.2) is 4.98 Å². The molecule has 0 unspecified atom stereocenters. The molecule has 116 valence electrons. The SMILES string of the molecule is Cc1ccccc1-c1cccc(-c2nc3ccccc3c(=O)[nH]2)c1. The predicted molar refractivity (Wildman–Crippen MR) is 98.0 cm³/mol. The highest BCUT2D eigenvalue weighted by molar-refractivity contribution is 5.80.